The second-order valence-electron chi connectivity index (χ2n) is 6.57. The molecule has 29 heavy (non-hydrogen) atoms. The number of rotatable bonds is 6. The maximum atomic E-state index is 13.7. The molecule has 0 aliphatic heterocycles. The van der Waals surface area contributed by atoms with Gasteiger partial charge in [-0.15, -0.1) is 0 Å². The average molecular weight is 386 g/mol. The number of para-hydroxylation sites is 1. The van der Waals surface area contributed by atoms with E-state index >= 15 is 0 Å². The lowest BCUT2D eigenvalue weighted by Crippen LogP contribution is -2.14. The molecule has 5 nitrogen and oxygen atoms in total. The third kappa shape index (κ3) is 4.38. The number of nitrogens with zero attached hydrogens (tertiary/aromatic N) is 2. The first-order valence-electron chi connectivity index (χ1n) is 9.28. The number of fused-ring (bicyclic) bond motifs is 1. The van der Waals surface area contributed by atoms with Gasteiger partial charge in [0.25, 0.3) is 5.91 Å². The number of benzene rings is 2. The summed E-state index contributed by atoms with van der Waals surface area (Å²) in [6.45, 7) is 0.529. The van der Waals surface area contributed by atoms with E-state index in [2.05, 4.69) is 20.6 Å². The van der Waals surface area contributed by atoms with Gasteiger partial charge in [0.15, 0.2) is 0 Å². The van der Waals surface area contributed by atoms with Crippen molar-refractivity contribution < 1.29 is 9.18 Å². The summed E-state index contributed by atoms with van der Waals surface area (Å²) < 4.78 is 13.7. The summed E-state index contributed by atoms with van der Waals surface area (Å²) in [5.41, 5.74) is 3.14. The van der Waals surface area contributed by atoms with E-state index in [9.17, 15) is 9.18 Å². The Morgan fingerprint density at radius 2 is 1.86 bits per heavy atom. The second kappa shape index (κ2) is 8.48. The number of hydrogen-bond acceptors (Lipinski definition) is 4. The molecule has 2 aromatic heterocycles. The number of nitrogens with one attached hydrogen (secondary N) is 2. The molecule has 144 valence electrons. The molecule has 0 bridgehead atoms. The van der Waals surface area contributed by atoms with Crippen LogP contribution < -0.4 is 10.6 Å². The number of aromatic nitrogens is 2. The normalized spacial score (nSPS) is 10.7. The zero-order valence-electron chi connectivity index (χ0n) is 15.6. The van der Waals surface area contributed by atoms with Crippen LogP contribution in [-0.2, 0) is 6.42 Å². The molecule has 2 N–H and O–H groups in total. The minimum atomic E-state index is -0.270. The number of carbonyl (C=O) groups is 1. The summed E-state index contributed by atoms with van der Waals surface area (Å²) in [7, 11) is 0. The first-order valence-corrected chi connectivity index (χ1v) is 9.28. The van der Waals surface area contributed by atoms with Gasteiger partial charge >= 0.3 is 0 Å². The van der Waals surface area contributed by atoms with Crippen molar-refractivity contribution >= 4 is 28.2 Å². The molecule has 0 aliphatic rings. The molecule has 2 heterocycles. The van der Waals surface area contributed by atoms with Crippen molar-refractivity contribution in [2.45, 2.75) is 6.42 Å². The quantitative estimate of drug-likeness (QED) is 0.505. The van der Waals surface area contributed by atoms with Gasteiger partial charge in [-0.1, -0.05) is 36.4 Å². The van der Waals surface area contributed by atoms with Crippen molar-refractivity contribution in [3.8, 4) is 0 Å². The van der Waals surface area contributed by atoms with E-state index in [1.807, 2.05) is 36.4 Å². The molecule has 4 rings (SSSR count). The molecule has 0 aliphatic carbocycles. The lowest BCUT2D eigenvalue weighted by Gasteiger charge is -2.10. The molecule has 0 fully saturated rings. The molecule has 2 aromatic carbocycles. The Morgan fingerprint density at radius 3 is 2.76 bits per heavy atom. The van der Waals surface area contributed by atoms with Crippen LogP contribution in [0.5, 0.6) is 0 Å². The third-order valence-corrected chi connectivity index (χ3v) is 4.56. The molecule has 0 saturated carbocycles. The van der Waals surface area contributed by atoms with Gasteiger partial charge in [-0.2, -0.15) is 0 Å². The topological polar surface area (TPSA) is 66.9 Å². The van der Waals surface area contributed by atoms with Crippen LogP contribution in [0.1, 0.15) is 15.9 Å². The highest BCUT2D eigenvalue weighted by Crippen LogP contribution is 2.21. The largest absolute Gasteiger partial charge is 0.383 e. The molecule has 6 heteroatoms. The van der Waals surface area contributed by atoms with Gasteiger partial charge < -0.3 is 10.6 Å². The number of pyridine rings is 2. The van der Waals surface area contributed by atoms with Gasteiger partial charge in [-0.25, -0.2) is 4.39 Å². The van der Waals surface area contributed by atoms with Gasteiger partial charge in [-0.05, 0) is 36.2 Å². The van der Waals surface area contributed by atoms with Crippen molar-refractivity contribution in [1.29, 1.82) is 0 Å². The van der Waals surface area contributed by atoms with Gasteiger partial charge in [0.2, 0.25) is 0 Å². The maximum absolute atomic E-state index is 13.7. The van der Waals surface area contributed by atoms with Crippen LogP contribution >= 0.6 is 0 Å². The molecule has 0 saturated heterocycles. The summed E-state index contributed by atoms with van der Waals surface area (Å²) in [6.07, 6.45) is 5.37. The van der Waals surface area contributed by atoms with Crippen molar-refractivity contribution in [1.82, 2.24) is 9.97 Å². The maximum Gasteiger partial charge on any atom is 0.257 e. The Hall–Kier alpha value is -3.80. The van der Waals surface area contributed by atoms with E-state index < -0.39 is 0 Å². The van der Waals surface area contributed by atoms with Crippen LogP contribution in [0.15, 0.2) is 79.3 Å². The predicted octanol–water partition coefficient (Wildman–Crippen LogP) is 4.68. The van der Waals surface area contributed by atoms with E-state index in [0.717, 1.165) is 10.9 Å². The van der Waals surface area contributed by atoms with Crippen molar-refractivity contribution in [2.75, 3.05) is 17.2 Å². The minimum Gasteiger partial charge on any atom is -0.383 e. The monoisotopic (exact) mass is 386 g/mol. The van der Waals surface area contributed by atoms with Gasteiger partial charge in [0.1, 0.15) is 5.82 Å². The standard InChI is InChI=1S/C23H19FN4O/c24-20-8-2-1-5-16(20)10-12-26-19-13-18(14-25-15-19)23(29)28-21-9-3-6-17-7-4-11-27-22(17)21/h1-9,11,13-15,26H,10,12H2,(H,28,29). The summed E-state index contributed by atoms with van der Waals surface area (Å²) in [5, 5.41) is 7.04. The van der Waals surface area contributed by atoms with E-state index in [0.29, 0.717) is 35.5 Å². The predicted molar refractivity (Wildman–Crippen MR) is 113 cm³/mol. The molecule has 0 unspecified atom stereocenters. The van der Waals surface area contributed by atoms with E-state index in [1.54, 1.807) is 30.6 Å². The second-order valence-corrected chi connectivity index (χ2v) is 6.57. The summed E-state index contributed by atoms with van der Waals surface area (Å²) in [5.74, 6) is -0.488. The fourth-order valence-electron chi connectivity index (χ4n) is 3.10. The lowest BCUT2D eigenvalue weighted by molar-refractivity contribution is 0.102. The Morgan fingerprint density at radius 1 is 1.00 bits per heavy atom. The Bertz CT molecular complexity index is 1160. The molecule has 0 radical (unpaired) electrons. The third-order valence-electron chi connectivity index (χ3n) is 4.56. The molecular formula is C23H19FN4O. The van der Waals surface area contributed by atoms with Crippen LogP contribution in [0.25, 0.3) is 10.9 Å². The minimum absolute atomic E-state index is 0.218. The molecule has 0 atom stereocenters. The van der Waals surface area contributed by atoms with Crippen LogP contribution in [0.2, 0.25) is 0 Å². The van der Waals surface area contributed by atoms with E-state index in [1.165, 1.54) is 12.3 Å². The molecule has 0 spiro atoms. The summed E-state index contributed by atoms with van der Waals surface area (Å²) >= 11 is 0. The number of hydrogen-bond donors (Lipinski definition) is 2. The SMILES string of the molecule is O=C(Nc1cccc2cccnc12)c1cncc(NCCc2ccccc2F)c1. The summed E-state index contributed by atoms with van der Waals surface area (Å²) in [4.78, 5) is 21.2. The zero-order chi connectivity index (χ0) is 20.1. The average Bonchev–Trinajstić information content (AvgIpc) is 2.75. The summed E-state index contributed by atoms with van der Waals surface area (Å²) in [6, 6.07) is 17.9. The Balaban J connectivity index is 1.44. The van der Waals surface area contributed by atoms with Crippen LogP contribution in [0.3, 0.4) is 0 Å². The van der Waals surface area contributed by atoms with Crippen molar-refractivity contribution in [2.24, 2.45) is 0 Å². The molecular weight excluding hydrogens is 367 g/mol. The highest BCUT2D eigenvalue weighted by Gasteiger charge is 2.10. The number of carbonyl (C=O) groups excluding carboxylic acids is 1. The fraction of sp³-hybridized carbons (Fsp3) is 0.0870. The number of amides is 1. The van der Waals surface area contributed by atoms with Crippen molar-refractivity contribution in [3.05, 3.63) is 96.2 Å². The Kier molecular flexibility index (Phi) is 5.42. The van der Waals surface area contributed by atoms with E-state index in [-0.39, 0.29) is 11.7 Å². The Labute approximate surface area is 167 Å². The fourth-order valence-corrected chi connectivity index (χ4v) is 3.10. The molecule has 1 amide bonds. The highest BCUT2D eigenvalue weighted by atomic mass is 19.1. The first kappa shape index (κ1) is 18.6. The van der Waals surface area contributed by atoms with Gasteiger partial charge in [-0.3, -0.25) is 14.8 Å². The van der Waals surface area contributed by atoms with Crippen LogP contribution in [0.4, 0.5) is 15.8 Å². The van der Waals surface area contributed by atoms with Gasteiger partial charge in [0.05, 0.1) is 22.5 Å². The van der Waals surface area contributed by atoms with Gasteiger partial charge in [0, 0.05) is 30.5 Å². The smallest absolute Gasteiger partial charge is 0.257 e. The van der Waals surface area contributed by atoms with Crippen LogP contribution in [-0.4, -0.2) is 22.4 Å². The van der Waals surface area contributed by atoms with E-state index in [4.69, 9.17) is 0 Å². The van der Waals surface area contributed by atoms with Crippen molar-refractivity contribution in [3.63, 3.8) is 0 Å². The highest BCUT2D eigenvalue weighted by molar-refractivity contribution is 6.08. The number of anilines is 2. The number of halogens is 1. The zero-order valence-corrected chi connectivity index (χ0v) is 15.6. The molecule has 4 aromatic rings. The first-order chi connectivity index (χ1) is 14.2. The lowest BCUT2D eigenvalue weighted by atomic mass is 10.1. The van der Waals surface area contributed by atoms with Crippen LogP contribution in [0, 0.1) is 5.82 Å².